The maximum Gasteiger partial charge on any atom is 0.149 e. The first-order valence-corrected chi connectivity index (χ1v) is 8.26. The molecule has 7 nitrogen and oxygen atoms in total. The summed E-state index contributed by atoms with van der Waals surface area (Å²) in [5.74, 6) is 1.05. The van der Waals surface area contributed by atoms with Crippen molar-refractivity contribution in [1.82, 2.24) is 34.4 Å². The lowest BCUT2D eigenvalue weighted by Gasteiger charge is -2.23. The Bertz CT molecular complexity index is 821. The Morgan fingerprint density at radius 1 is 1.25 bits per heavy atom. The fourth-order valence-corrected chi connectivity index (χ4v) is 3.40. The van der Waals surface area contributed by atoms with Crippen LogP contribution in [0.3, 0.4) is 0 Å². The Morgan fingerprint density at radius 2 is 2.08 bits per heavy atom. The Balaban J connectivity index is 1.57. The van der Waals surface area contributed by atoms with Gasteiger partial charge in [-0.15, -0.1) is 10.2 Å². The van der Waals surface area contributed by atoms with Crippen molar-refractivity contribution in [3.8, 4) is 5.69 Å². The zero-order valence-electron chi connectivity index (χ0n) is 14.0. The molecular weight excluding hydrogens is 302 g/mol. The van der Waals surface area contributed by atoms with Gasteiger partial charge in [-0.05, 0) is 38.4 Å². The van der Waals surface area contributed by atoms with E-state index in [0.717, 1.165) is 36.7 Å². The number of pyridine rings is 1. The van der Waals surface area contributed by atoms with Crippen LogP contribution in [0.25, 0.3) is 5.69 Å². The topological polar surface area (TPSA) is 64.7 Å². The average molecular weight is 323 g/mol. The summed E-state index contributed by atoms with van der Waals surface area (Å²) in [5.41, 5.74) is 3.35. The number of aryl methyl sites for hydroxylation is 2. The third-order valence-electron chi connectivity index (χ3n) is 4.71. The summed E-state index contributed by atoms with van der Waals surface area (Å²) in [5, 5.41) is 13.0. The molecule has 0 N–H and O–H groups in total. The molecule has 124 valence electrons. The smallest absolute Gasteiger partial charge is 0.149 e. The van der Waals surface area contributed by atoms with E-state index in [1.165, 1.54) is 12.0 Å². The molecule has 3 aromatic heterocycles. The van der Waals surface area contributed by atoms with E-state index in [1.54, 1.807) is 18.7 Å². The third-order valence-corrected chi connectivity index (χ3v) is 4.71. The number of aromatic nitrogens is 6. The van der Waals surface area contributed by atoms with Crippen molar-refractivity contribution in [2.45, 2.75) is 32.4 Å². The summed E-state index contributed by atoms with van der Waals surface area (Å²) in [4.78, 5) is 6.54. The van der Waals surface area contributed by atoms with Crippen LogP contribution in [0, 0.1) is 6.92 Å². The van der Waals surface area contributed by atoms with Crippen molar-refractivity contribution in [2.75, 3.05) is 6.54 Å². The molecule has 4 rings (SSSR count). The average Bonchev–Trinajstić information content (AvgIpc) is 3.30. The second-order valence-electron chi connectivity index (χ2n) is 6.32. The van der Waals surface area contributed by atoms with Gasteiger partial charge < -0.3 is 4.57 Å². The first-order chi connectivity index (χ1) is 11.7. The van der Waals surface area contributed by atoms with Crippen LogP contribution in [0.4, 0.5) is 0 Å². The molecule has 1 aliphatic rings. The standard InChI is InChI=1S/C17H21N7/c1-13-14(11-24(21-13)15-5-7-18-8-6-15)10-23-9-3-4-16(23)17-20-19-12-22(17)2/h5-8,11-12,16H,3-4,9-10H2,1-2H3. The van der Waals surface area contributed by atoms with Gasteiger partial charge in [-0.1, -0.05) is 0 Å². The molecular formula is C17H21N7. The quantitative estimate of drug-likeness (QED) is 0.735. The number of nitrogens with zero attached hydrogens (tertiary/aromatic N) is 7. The normalized spacial score (nSPS) is 18.3. The van der Waals surface area contributed by atoms with Gasteiger partial charge in [-0.3, -0.25) is 9.88 Å². The predicted octanol–water partition coefficient (Wildman–Crippen LogP) is 2.04. The Hall–Kier alpha value is -2.54. The van der Waals surface area contributed by atoms with Crippen LogP contribution < -0.4 is 0 Å². The zero-order valence-corrected chi connectivity index (χ0v) is 14.0. The summed E-state index contributed by atoms with van der Waals surface area (Å²) in [7, 11) is 2.01. The van der Waals surface area contributed by atoms with E-state index >= 15 is 0 Å². The first kappa shape index (κ1) is 15.0. The molecule has 1 fully saturated rings. The fourth-order valence-electron chi connectivity index (χ4n) is 3.40. The lowest BCUT2D eigenvalue weighted by molar-refractivity contribution is 0.235. The highest BCUT2D eigenvalue weighted by molar-refractivity contribution is 5.30. The largest absolute Gasteiger partial charge is 0.319 e. The molecule has 0 saturated carbocycles. The van der Waals surface area contributed by atoms with Crippen LogP contribution in [-0.4, -0.2) is 41.0 Å². The zero-order chi connectivity index (χ0) is 16.5. The van der Waals surface area contributed by atoms with Gasteiger partial charge in [0.15, 0.2) is 0 Å². The molecule has 3 aromatic rings. The molecule has 0 radical (unpaired) electrons. The van der Waals surface area contributed by atoms with Crippen LogP contribution in [-0.2, 0) is 13.6 Å². The summed E-state index contributed by atoms with van der Waals surface area (Å²) in [6, 6.07) is 4.27. The highest BCUT2D eigenvalue weighted by Crippen LogP contribution is 2.32. The van der Waals surface area contributed by atoms with Gasteiger partial charge in [-0.25, -0.2) is 4.68 Å². The van der Waals surface area contributed by atoms with Gasteiger partial charge in [0.05, 0.1) is 17.4 Å². The number of rotatable bonds is 4. The van der Waals surface area contributed by atoms with Crippen molar-refractivity contribution in [3.05, 3.63) is 54.1 Å². The van der Waals surface area contributed by atoms with E-state index in [2.05, 4.69) is 38.3 Å². The van der Waals surface area contributed by atoms with Gasteiger partial charge in [-0.2, -0.15) is 5.10 Å². The molecule has 1 atom stereocenters. The summed E-state index contributed by atoms with van der Waals surface area (Å²) >= 11 is 0. The minimum atomic E-state index is 0.334. The summed E-state index contributed by atoms with van der Waals surface area (Å²) < 4.78 is 3.95. The van der Waals surface area contributed by atoms with Gasteiger partial charge >= 0.3 is 0 Å². The lowest BCUT2D eigenvalue weighted by atomic mass is 10.2. The molecule has 0 aliphatic carbocycles. The van der Waals surface area contributed by atoms with Crippen molar-refractivity contribution in [1.29, 1.82) is 0 Å². The van der Waals surface area contributed by atoms with E-state index < -0.39 is 0 Å². The van der Waals surface area contributed by atoms with Crippen molar-refractivity contribution < 1.29 is 0 Å². The fraction of sp³-hybridized carbons (Fsp3) is 0.412. The summed E-state index contributed by atoms with van der Waals surface area (Å²) in [6.45, 7) is 4.03. The first-order valence-electron chi connectivity index (χ1n) is 8.26. The van der Waals surface area contributed by atoms with Crippen molar-refractivity contribution in [2.24, 2.45) is 7.05 Å². The number of hydrogen-bond acceptors (Lipinski definition) is 5. The predicted molar refractivity (Wildman–Crippen MR) is 89.5 cm³/mol. The van der Waals surface area contributed by atoms with Crippen LogP contribution in [0.5, 0.6) is 0 Å². The molecule has 0 bridgehead atoms. The Morgan fingerprint density at radius 3 is 2.83 bits per heavy atom. The Kier molecular flexibility index (Phi) is 3.86. The van der Waals surface area contributed by atoms with Gasteiger partial charge in [0.1, 0.15) is 12.2 Å². The van der Waals surface area contributed by atoms with Crippen LogP contribution in [0.1, 0.15) is 36.0 Å². The molecule has 24 heavy (non-hydrogen) atoms. The van der Waals surface area contributed by atoms with Crippen molar-refractivity contribution >= 4 is 0 Å². The lowest BCUT2D eigenvalue weighted by Crippen LogP contribution is -2.25. The molecule has 0 spiro atoms. The van der Waals surface area contributed by atoms with E-state index in [-0.39, 0.29) is 0 Å². The molecule has 0 aromatic carbocycles. The molecule has 1 aliphatic heterocycles. The van der Waals surface area contributed by atoms with E-state index in [4.69, 9.17) is 0 Å². The third kappa shape index (κ3) is 2.71. The highest BCUT2D eigenvalue weighted by atomic mass is 15.3. The highest BCUT2D eigenvalue weighted by Gasteiger charge is 2.30. The molecule has 7 heteroatoms. The monoisotopic (exact) mass is 323 g/mol. The van der Waals surface area contributed by atoms with E-state index in [1.807, 2.05) is 28.4 Å². The minimum Gasteiger partial charge on any atom is -0.319 e. The number of likely N-dealkylation sites (tertiary alicyclic amines) is 1. The summed E-state index contributed by atoms with van der Waals surface area (Å²) in [6.07, 6.45) is 9.79. The minimum absolute atomic E-state index is 0.334. The van der Waals surface area contributed by atoms with Gasteiger partial charge in [0.2, 0.25) is 0 Å². The van der Waals surface area contributed by atoms with E-state index in [9.17, 15) is 0 Å². The molecule has 4 heterocycles. The van der Waals surface area contributed by atoms with Crippen LogP contribution in [0.2, 0.25) is 0 Å². The number of hydrogen-bond donors (Lipinski definition) is 0. The second kappa shape index (κ2) is 6.16. The second-order valence-corrected chi connectivity index (χ2v) is 6.32. The SMILES string of the molecule is Cc1nn(-c2ccncc2)cc1CN1CCCC1c1nncn1C. The van der Waals surface area contributed by atoms with Crippen LogP contribution in [0.15, 0.2) is 37.1 Å². The van der Waals surface area contributed by atoms with E-state index in [0.29, 0.717) is 6.04 Å². The van der Waals surface area contributed by atoms with Crippen molar-refractivity contribution in [3.63, 3.8) is 0 Å². The van der Waals surface area contributed by atoms with Crippen LogP contribution >= 0.6 is 0 Å². The Labute approximate surface area is 141 Å². The molecule has 1 unspecified atom stereocenters. The maximum atomic E-state index is 4.66. The van der Waals surface area contributed by atoms with Gasteiger partial charge in [0, 0.05) is 37.7 Å². The molecule has 1 saturated heterocycles. The van der Waals surface area contributed by atoms with Gasteiger partial charge in [0.25, 0.3) is 0 Å². The maximum absolute atomic E-state index is 4.66. The molecule has 0 amide bonds.